The Balaban J connectivity index is 1.71. The molecule has 0 spiro atoms. The molecular weight excluding hydrogens is 388 g/mol. The minimum absolute atomic E-state index is 0.218. The van der Waals surface area contributed by atoms with Crippen molar-refractivity contribution in [1.82, 2.24) is 0 Å². The molecule has 3 rings (SSSR count). The normalized spacial score (nSPS) is 15.8. The van der Waals surface area contributed by atoms with E-state index in [-0.39, 0.29) is 5.92 Å². The summed E-state index contributed by atoms with van der Waals surface area (Å²) in [6, 6.07) is 19.2. The predicted molar refractivity (Wildman–Crippen MR) is 120 cm³/mol. The van der Waals surface area contributed by atoms with Crippen LogP contribution in [0.1, 0.15) is 62.7 Å². The van der Waals surface area contributed by atoms with E-state index >= 15 is 0 Å². The molecule has 0 N–H and O–H groups in total. The van der Waals surface area contributed by atoms with Crippen molar-refractivity contribution in [3.8, 4) is 11.8 Å². The smallest absolute Gasteiger partial charge is 0.353 e. The molecule has 2 aromatic rings. The van der Waals surface area contributed by atoms with Crippen LogP contribution in [0.25, 0.3) is 0 Å². The summed E-state index contributed by atoms with van der Waals surface area (Å²) in [7, 11) is 0. The molecule has 1 aliphatic carbocycles. The largest absolute Gasteiger partial charge is 0.446 e. The first-order valence-electron chi connectivity index (χ1n) is 11.1. The van der Waals surface area contributed by atoms with Crippen LogP contribution >= 0.6 is 0 Å². The maximum atomic E-state index is 13.0. The monoisotopic (exact) mass is 418 g/mol. The highest BCUT2D eigenvalue weighted by Crippen LogP contribution is 2.29. The second kappa shape index (κ2) is 12.0. The number of hydrogen-bond donors (Lipinski definition) is 0. The Morgan fingerprint density at radius 1 is 0.935 bits per heavy atom. The summed E-state index contributed by atoms with van der Waals surface area (Å²) in [5, 5.41) is 0. The Labute approximate surface area is 185 Å². The van der Waals surface area contributed by atoms with Gasteiger partial charge in [0.05, 0.1) is 0 Å². The van der Waals surface area contributed by atoms with Crippen LogP contribution in [-0.2, 0) is 25.5 Å². The van der Waals surface area contributed by atoms with Crippen molar-refractivity contribution >= 4 is 11.9 Å². The Hall–Kier alpha value is -3.06. The van der Waals surface area contributed by atoms with Gasteiger partial charge in [-0.25, -0.2) is 4.79 Å². The zero-order valence-corrected chi connectivity index (χ0v) is 18.1. The van der Waals surface area contributed by atoms with Gasteiger partial charge in [0.15, 0.2) is 6.10 Å². The lowest BCUT2D eigenvalue weighted by Gasteiger charge is -2.28. The second-order valence-electron chi connectivity index (χ2n) is 7.96. The Morgan fingerprint density at radius 2 is 1.58 bits per heavy atom. The van der Waals surface area contributed by atoms with Gasteiger partial charge in [-0.15, -0.1) is 0 Å². The third-order valence-electron chi connectivity index (χ3n) is 5.55. The first-order chi connectivity index (χ1) is 15.1. The number of ether oxygens (including phenoxy) is 2. The topological polar surface area (TPSA) is 52.6 Å². The minimum Gasteiger partial charge on any atom is -0.446 e. The average molecular weight is 419 g/mol. The molecule has 0 heterocycles. The van der Waals surface area contributed by atoms with Crippen LogP contribution < -0.4 is 0 Å². The molecule has 0 aliphatic heterocycles. The van der Waals surface area contributed by atoms with Gasteiger partial charge in [-0.2, -0.15) is 0 Å². The van der Waals surface area contributed by atoms with E-state index in [9.17, 15) is 9.59 Å². The van der Waals surface area contributed by atoms with E-state index in [1.165, 1.54) is 18.9 Å². The molecule has 0 aromatic heterocycles. The number of benzene rings is 2. The molecule has 4 nitrogen and oxygen atoms in total. The van der Waals surface area contributed by atoms with E-state index < -0.39 is 24.1 Å². The molecule has 1 aliphatic rings. The lowest BCUT2D eigenvalue weighted by atomic mass is 9.85. The number of carbonyl (C=O) groups is 2. The summed E-state index contributed by atoms with van der Waals surface area (Å²) in [5.41, 5.74) is 1.84. The van der Waals surface area contributed by atoms with E-state index in [0.717, 1.165) is 32.1 Å². The van der Waals surface area contributed by atoms with Crippen molar-refractivity contribution in [3.63, 3.8) is 0 Å². The zero-order chi connectivity index (χ0) is 21.9. The van der Waals surface area contributed by atoms with Crippen LogP contribution in [0, 0.1) is 17.8 Å². The van der Waals surface area contributed by atoms with Crippen LogP contribution in [0.5, 0.6) is 0 Å². The van der Waals surface area contributed by atoms with Crippen molar-refractivity contribution < 1.29 is 19.1 Å². The van der Waals surface area contributed by atoms with E-state index in [1.54, 1.807) is 24.3 Å². The van der Waals surface area contributed by atoms with Crippen molar-refractivity contribution in [3.05, 3.63) is 71.8 Å². The highest BCUT2D eigenvalue weighted by molar-refractivity contribution is 5.80. The van der Waals surface area contributed by atoms with E-state index in [1.807, 2.05) is 24.3 Å². The van der Waals surface area contributed by atoms with E-state index in [2.05, 4.69) is 24.0 Å². The fourth-order valence-corrected chi connectivity index (χ4v) is 3.94. The van der Waals surface area contributed by atoms with Crippen LogP contribution in [0.4, 0.5) is 0 Å². The lowest BCUT2D eigenvalue weighted by Crippen LogP contribution is -2.31. The average Bonchev–Trinajstić information content (AvgIpc) is 2.81. The number of esters is 2. The molecule has 0 bridgehead atoms. The third-order valence-corrected chi connectivity index (χ3v) is 5.55. The highest BCUT2D eigenvalue weighted by atomic mass is 16.6. The molecule has 31 heavy (non-hydrogen) atoms. The molecule has 0 unspecified atom stereocenters. The van der Waals surface area contributed by atoms with Crippen molar-refractivity contribution in [2.24, 2.45) is 5.92 Å². The van der Waals surface area contributed by atoms with Crippen LogP contribution in [0.3, 0.4) is 0 Å². The molecule has 2 aromatic carbocycles. The molecule has 1 fully saturated rings. The van der Waals surface area contributed by atoms with Gasteiger partial charge in [0, 0.05) is 24.8 Å². The fourth-order valence-electron chi connectivity index (χ4n) is 3.94. The van der Waals surface area contributed by atoms with Gasteiger partial charge in [0.2, 0.25) is 6.10 Å². The molecule has 1 saturated carbocycles. The number of aryl methyl sites for hydroxylation is 1. The van der Waals surface area contributed by atoms with Crippen molar-refractivity contribution in [1.29, 1.82) is 0 Å². The van der Waals surface area contributed by atoms with E-state index in [0.29, 0.717) is 12.0 Å². The maximum absolute atomic E-state index is 13.0. The number of hydrogen-bond acceptors (Lipinski definition) is 4. The standard InChI is InChI=1S/C27H30O4/c1-21(28)30-26(24-18-9-4-10-19-24)27(29)31-25(23-16-7-3-8-17-23)20-12-11-15-22-13-5-2-6-14-22/h2,4-6,9-10,13-14,18-19,23,25-26H,3,7-8,11,15-17H2,1H3/t25-,26-/m1/s1. The Kier molecular flexibility index (Phi) is 8.72. The van der Waals surface area contributed by atoms with Crippen LogP contribution in [0.2, 0.25) is 0 Å². The molecule has 162 valence electrons. The maximum Gasteiger partial charge on any atom is 0.353 e. The number of rotatable bonds is 7. The Bertz CT molecular complexity index is 889. The molecular formula is C27H30O4. The fraction of sp³-hybridized carbons (Fsp3) is 0.407. The quantitative estimate of drug-likeness (QED) is 0.445. The van der Waals surface area contributed by atoms with Crippen molar-refractivity contribution in [2.45, 2.75) is 64.1 Å². The van der Waals surface area contributed by atoms with Gasteiger partial charge >= 0.3 is 11.9 Å². The van der Waals surface area contributed by atoms with Gasteiger partial charge in [-0.05, 0) is 24.8 Å². The molecule has 0 radical (unpaired) electrons. The summed E-state index contributed by atoms with van der Waals surface area (Å²) in [5.74, 6) is 5.58. The number of carbonyl (C=O) groups excluding carboxylic acids is 2. The summed E-state index contributed by atoms with van der Waals surface area (Å²) in [4.78, 5) is 24.6. The summed E-state index contributed by atoms with van der Waals surface area (Å²) >= 11 is 0. The lowest BCUT2D eigenvalue weighted by molar-refractivity contribution is -0.171. The van der Waals surface area contributed by atoms with Gasteiger partial charge in [-0.3, -0.25) is 4.79 Å². The summed E-state index contributed by atoms with van der Waals surface area (Å²) < 4.78 is 11.2. The summed E-state index contributed by atoms with van der Waals surface area (Å²) in [6.07, 6.45) is 5.45. The first-order valence-corrected chi connectivity index (χ1v) is 11.1. The van der Waals surface area contributed by atoms with Gasteiger partial charge in [-0.1, -0.05) is 91.8 Å². The van der Waals surface area contributed by atoms with Gasteiger partial charge < -0.3 is 9.47 Å². The Morgan fingerprint density at radius 3 is 2.23 bits per heavy atom. The second-order valence-corrected chi connectivity index (χ2v) is 7.96. The first kappa shape index (κ1) is 22.6. The van der Waals surface area contributed by atoms with Gasteiger partial charge in [0.25, 0.3) is 0 Å². The predicted octanol–water partition coefficient (Wildman–Crippen LogP) is 5.42. The molecule has 0 amide bonds. The van der Waals surface area contributed by atoms with Crippen LogP contribution in [-0.4, -0.2) is 18.0 Å². The zero-order valence-electron chi connectivity index (χ0n) is 18.1. The third kappa shape index (κ3) is 7.29. The molecule has 0 saturated heterocycles. The van der Waals surface area contributed by atoms with Gasteiger partial charge in [0.1, 0.15) is 0 Å². The molecule has 4 heteroatoms. The SMILES string of the molecule is CC(=O)O[C@@H](C(=O)O[C@H](C#CCCc1ccccc1)C1CCCCC1)c1ccccc1. The highest BCUT2D eigenvalue weighted by Gasteiger charge is 2.31. The van der Waals surface area contributed by atoms with E-state index in [4.69, 9.17) is 9.47 Å². The summed E-state index contributed by atoms with van der Waals surface area (Å²) in [6.45, 7) is 1.30. The van der Waals surface area contributed by atoms with Crippen LogP contribution in [0.15, 0.2) is 60.7 Å². The van der Waals surface area contributed by atoms with Crippen molar-refractivity contribution in [2.75, 3.05) is 0 Å². The minimum atomic E-state index is -1.07. The molecule has 2 atom stereocenters.